The Bertz CT molecular complexity index is 1350. The minimum Gasteiger partial charge on any atom is -0.394 e. The topological polar surface area (TPSA) is 228 Å². The molecule has 476 valence electrons. The van der Waals surface area contributed by atoms with Gasteiger partial charge in [0.15, 0.2) is 12.6 Å². The summed E-state index contributed by atoms with van der Waals surface area (Å²) in [7, 11) is 0. The van der Waals surface area contributed by atoms with E-state index in [0.29, 0.717) is 12.8 Å². The van der Waals surface area contributed by atoms with Gasteiger partial charge < -0.3 is 65.1 Å². The Morgan fingerprint density at radius 1 is 0.400 bits per heavy atom. The second-order valence-electron chi connectivity index (χ2n) is 24.7. The van der Waals surface area contributed by atoms with Gasteiger partial charge in [-0.05, 0) is 12.8 Å². The van der Waals surface area contributed by atoms with Crippen LogP contribution in [0, 0.1) is 0 Å². The molecule has 0 aromatic carbocycles. The van der Waals surface area contributed by atoms with Gasteiger partial charge >= 0.3 is 0 Å². The van der Waals surface area contributed by atoms with Crippen molar-refractivity contribution in [2.45, 2.75) is 396 Å². The van der Waals surface area contributed by atoms with Crippen LogP contribution in [0.4, 0.5) is 0 Å². The van der Waals surface area contributed by atoms with Crippen molar-refractivity contribution in [2.24, 2.45) is 0 Å². The molecule has 2 fully saturated rings. The van der Waals surface area contributed by atoms with Gasteiger partial charge in [-0.25, -0.2) is 0 Å². The fourth-order valence-corrected chi connectivity index (χ4v) is 11.8. The molecule has 0 bridgehead atoms. The molecule has 14 heteroatoms. The fourth-order valence-electron chi connectivity index (χ4n) is 11.8. The van der Waals surface area contributed by atoms with Gasteiger partial charge in [0, 0.05) is 6.42 Å². The Hall–Kier alpha value is -1.01. The van der Waals surface area contributed by atoms with Crippen molar-refractivity contribution < 1.29 is 64.6 Å². The molecule has 12 atom stereocenters. The Balaban J connectivity index is 1.57. The lowest BCUT2D eigenvalue weighted by molar-refractivity contribution is -0.359. The molecule has 1 amide bonds. The number of aliphatic hydroxyl groups excluding tert-OH is 8. The van der Waals surface area contributed by atoms with Crippen LogP contribution in [0.2, 0.25) is 0 Å². The van der Waals surface area contributed by atoms with E-state index in [2.05, 4.69) is 19.2 Å². The third kappa shape index (κ3) is 36.7. The average molecular weight is 1140 g/mol. The maximum Gasteiger partial charge on any atom is 0.220 e. The maximum atomic E-state index is 13.3. The van der Waals surface area contributed by atoms with E-state index in [9.17, 15) is 45.6 Å². The van der Waals surface area contributed by atoms with Crippen LogP contribution in [-0.2, 0) is 23.7 Å². The first-order chi connectivity index (χ1) is 39.1. The summed E-state index contributed by atoms with van der Waals surface area (Å²) in [5, 5.41) is 87.3. The van der Waals surface area contributed by atoms with E-state index in [1.54, 1.807) is 0 Å². The highest BCUT2D eigenvalue weighted by Crippen LogP contribution is 2.30. The van der Waals surface area contributed by atoms with Crippen LogP contribution in [0.25, 0.3) is 0 Å². The summed E-state index contributed by atoms with van der Waals surface area (Å²) in [5.41, 5.74) is 0. The minimum atomic E-state index is -1.78. The minimum absolute atomic E-state index is 0.199. The number of hydrogen-bond acceptors (Lipinski definition) is 13. The molecule has 12 unspecified atom stereocenters. The first-order valence-electron chi connectivity index (χ1n) is 34.3. The van der Waals surface area contributed by atoms with Crippen molar-refractivity contribution >= 4 is 5.91 Å². The Labute approximate surface area is 489 Å². The lowest BCUT2D eigenvalue weighted by Crippen LogP contribution is -2.65. The van der Waals surface area contributed by atoms with Crippen molar-refractivity contribution in [1.82, 2.24) is 5.32 Å². The van der Waals surface area contributed by atoms with E-state index < -0.39 is 86.8 Å². The third-order valence-corrected chi connectivity index (χ3v) is 17.3. The van der Waals surface area contributed by atoms with Gasteiger partial charge in [0.1, 0.15) is 48.8 Å². The number of hydrogen-bond donors (Lipinski definition) is 9. The summed E-state index contributed by atoms with van der Waals surface area (Å²) in [6.07, 6.45) is 44.4. The van der Waals surface area contributed by atoms with Crippen LogP contribution in [-0.4, -0.2) is 140 Å². The van der Waals surface area contributed by atoms with Crippen molar-refractivity contribution in [3.8, 4) is 0 Å². The van der Waals surface area contributed by atoms with E-state index in [-0.39, 0.29) is 12.5 Å². The summed E-state index contributed by atoms with van der Waals surface area (Å²) >= 11 is 0. The molecule has 0 aromatic rings. The van der Waals surface area contributed by atoms with Crippen molar-refractivity contribution in [1.29, 1.82) is 0 Å². The monoisotopic (exact) mass is 1140 g/mol. The SMILES string of the molecule is CCCCCCCCCCCCCCCCCCCCCCCCCCCCCCCCCCCCC(=O)NC(COC1OC(CO)C(OC2OC(CO)C(O)C(O)C2O)C(O)C1O)C(O)CCCCCCCCCCCCCC. The predicted molar refractivity (Wildman–Crippen MR) is 323 cm³/mol. The zero-order chi connectivity index (χ0) is 58.1. The van der Waals surface area contributed by atoms with E-state index in [1.165, 1.54) is 244 Å². The molecule has 2 heterocycles. The predicted octanol–water partition coefficient (Wildman–Crippen LogP) is 13.2. The lowest BCUT2D eigenvalue weighted by Gasteiger charge is -2.46. The Morgan fingerprint density at radius 3 is 1.06 bits per heavy atom. The number of carbonyl (C=O) groups is 1. The summed E-state index contributed by atoms with van der Waals surface area (Å²) in [5.74, 6) is -0.199. The van der Waals surface area contributed by atoms with Crippen LogP contribution in [0.5, 0.6) is 0 Å². The summed E-state index contributed by atoms with van der Waals surface area (Å²) < 4.78 is 22.8. The highest BCUT2D eigenvalue weighted by molar-refractivity contribution is 5.76. The van der Waals surface area contributed by atoms with Crippen molar-refractivity contribution in [3.63, 3.8) is 0 Å². The van der Waals surface area contributed by atoms with Gasteiger partial charge in [0.2, 0.25) is 5.91 Å². The summed E-state index contributed by atoms with van der Waals surface area (Å²) in [4.78, 5) is 13.3. The molecular weight excluding hydrogens is 1010 g/mol. The number of nitrogens with one attached hydrogen (secondary N) is 1. The normalized spacial score (nSPS) is 24.1. The molecule has 2 aliphatic rings. The first-order valence-corrected chi connectivity index (χ1v) is 34.3. The molecule has 0 aromatic heterocycles. The van der Waals surface area contributed by atoms with Crippen LogP contribution in [0.3, 0.4) is 0 Å². The van der Waals surface area contributed by atoms with Gasteiger partial charge in [-0.2, -0.15) is 0 Å². The van der Waals surface area contributed by atoms with E-state index >= 15 is 0 Å². The van der Waals surface area contributed by atoms with Crippen LogP contribution in [0.1, 0.15) is 322 Å². The molecular formula is C66H129NO13. The molecule has 0 aliphatic carbocycles. The lowest BCUT2D eigenvalue weighted by atomic mass is 9.97. The number of ether oxygens (including phenoxy) is 4. The van der Waals surface area contributed by atoms with Gasteiger partial charge in [-0.15, -0.1) is 0 Å². The quantitative estimate of drug-likeness (QED) is 0.0259. The molecule has 0 saturated carbocycles. The van der Waals surface area contributed by atoms with Gasteiger partial charge in [-0.3, -0.25) is 4.79 Å². The van der Waals surface area contributed by atoms with Crippen molar-refractivity contribution in [3.05, 3.63) is 0 Å². The van der Waals surface area contributed by atoms with Crippen molar-refractivity contribution in [2.75, 3.05) is 19.8 Å². The smallest absolute Gasteiger partial charge is 0.220 e. The second-order valence-corrected chi connectivity index (χ2v) is 24.7. The molecule has 2 aliphatic heterocycles. The van der Waals surface area contributed by atoms with Gasteiger partial charge in [0.25, 0.3) is 0 Å². The largest absolute Gasteiger partial charge is 0.394 e. The first kappa shape index (κ1) is 75.1. The molecule has 14 nitrogen and oxygen atoms in total. The number of carbonyl (C=O) groups excluding carboxylic acids is 1. The number of amides is 1. The average Bonchev–Trinajstić information content (AvgIpc) is 3.47. The maximum absolute atomic E-state index is 13.3. The molecule has 9 N–H and O–H groups in total. The highest BCUT2D eigenvalue weighted by Gasteiger charge is 2.51. The highest BCUT2D eigenvalue weighted by atomic mass is 16.7. The fraction of sp³-hybridized carbons (Fsp3) is 0.985. The summed E-state index contributed by atoms with van der Waals surface area (Å²) in [6, 6.07) is -0.822. The molecule has 2 saturated heterocycles. The third-order valence-electron chi connectivity index (χ3n) is 17.3. The van der Waals surface area contributed by atoms with Gasteiger partial charge in [-0.1, -0.05) is 303 Å². The molecule has 0 spiro atoms. The van der Waals surface area contributed by atoms with E-state index in [1.807, 2.05) is 0 Å². The molecule has 80 heavy (non-hydrogen) atoms. The Kier molecular flexibility index (Phi) is 49.1. The van der Waals surface area contributed by atoms with E-state index in [4.69, 9.17) is 18.9 Å². The zero-order valence-electron chi connectivity index (χ0n) is 51.6. The number of unbranched alkanes of at least 4 members (excludes halogenated alkanes) is 44. The number of rotatable bonds is 57. The molecule has 2 rings (SSSR count). The molecule has 0 radical (unpaired) electrons. The zero-order valence-corrected chi connectivity index (χ0v) is 51.6. The Morgan fingerprint density at radius 2 is 0.713 bits per heavy atom. The van der Waals surface area contributed by atoms with Crippen LogP contribution >= 0.6 is 0 Å². The van der Waals surface area contributed by atoms with Gasteiger partial charge in [0.05, 0.1) is 32.0 Å². The summed E-state index contributed by atoms with van der Waals surface area (Å²) in [6.45, 7) is 2.90. The van der Waals surface area contributed by atoms with Crippen LogP contribution in [0.15, 0.2) is 0 Å². The van der Waals surface area contributed by atoms with E-state index in [0.717, 1.165) is 51.4 Å². The second kappa shape index (κ2) is 52.3. The van der Waals surface area contributed by atoms with Crippen LogP contribution < -0.4 is 5.32 Å². The standard InChI is InChI=1S/C66H129NO13/c1-3-5-7-9-11-13-15-17-18-19-20-21-22-23-24-25-26-27-28-29-30-31-32-33-34-35-36-37-38-40-42-44-46-48-50-58(71)67-54(55(70)49-47-45-43-41-39-16-14-12-10-8-6-4-2)53-77-65-63(76)61(74)64(57(52-69)79-65)80-66-62(75)60(73)59(72)56(51-68)78-66/h54-57,59-66,68-70,72-76H,3-53H2,1-2H3,(H,67,71). The number of aliphatic hydroxyl groups is 8.